The number of nitrogens with zero attached hydrogens (tertiary/aromatic N) is 2. The Kier molecular flexibility index (Phi) is 5.76. The molecule has 0 radical (unpaired) electrons. The van der Waals surface area contributed by atoms with Gasteiger partial charge in [-0.3, -0.25) is 9.36 Å². The molecule has 1 saturated carbocycles. The standard InChI is InChI=1S/C21H29N3O5S/c1-14-9-15(2)12-23(11-14)20(25)13-24-18-8-7-17(10-19(18)29-21(24)26)30(27,28)22-16-5-3-4-6-16/h7-8,10,14-16,22H,3-6,9,11-13H2,1-2H3/t14-,15-/m0/s1. The van der Waals surface area contributed by atoms with E-state index in [-0.39, 0.29) is 29.0 Å². The van der Waals surface area contributed by atoms with Crippen molar-refractivity contribution in [3.8, 4) is 0 Å². The van der Waals surface area contributed by atoms with Gasteiger partial charge < -0.3 is 9.32 Å². The molecule has 0 bridgehead atoms. The quantitative estimate of drug-likeness (QED) is 0.777. The molecule has 1 aliphatic heterocycles. The molecular weight excluding hydrogens is 406 g/mol. The van der Waals surface area contributed by atoms with Crippen LogP contribution in [0.3, 0.4) is 0 Å². The Balaban J connectivity index is 1.56. The highest BCUT2D eigenvalue weighted by atomic mass is 32.2. The first kappa shape index (κ1) is 21.1. The van der Waals surface area contributed by atoms with Crippen molar-refractivity contribution in [3.63, 3.8) is 0 Å². The molecule has 2 atom stereocenters. The van der Waals surface area contributed by atoms with E-state index in [1.807, 2.05) is 0 Å². The van der Waals surface area contributed by atoms with E-state index in [0.717, 1.165) is 32.1 Å². The fraction of sp³-hybridized carbons (Fsp3) is 0.619. The Morgan fingerprint density at radius 3 is 2.50 bits per heavy atom. The minimum absolute atomic E-state index is 0.0470. The minimum atomic E-state index is -3.69. The van der Waals surface area contributed by atoms with Gasteiger partial charge in [-0.1, -0.05) is 26.7 Å². The summed E-state index contributed by atoms with van der Waals surface area (Å²) in [5.74, 6) is 0.0684. The number of amides is 1. The van der Waals surface area contributed by atoms with Crippen molar-refractivity contribution in [2.75, 3.05) is 13.1 Å². The number of fused-ring (bicyclic) bond motifs is 1. The van der Waals surface area contributed by atoms with E-state index in [2.05, 4.69) is 18.6 Å². The molecule has 2 aromatic rings. The molecular formula is C21H29N3O5S. The van der Waals surface area contributed by atoms with Gasteiger partial charge in [0.25, 0.3) is 0 Å². The van der Waals surface area contributed by atoms with Crippen molar-refractivity contribution in [3.05, 3.63) is 28.7 Å². The number of rotatable bonds is 5. The van der Waals surface area contributed by atoms with Crippen LogP contribution in [0.2, 0.25) is 0 Å². The number of nitrogens with one attached hydrogen (secondary N) is 1. The largest absolute Gasteiger partial charge is 0.420 e. The molecule has 164 valence electrons. The van der Waals surface area contributed by atoms with E-state index in [1.54, 1.807) is 4.90 Å². The van der Waals surface area contributed by atoms with E-state index < -0.39 is 15.8 Å². The Hall–Kier alpha value is -2.13. The third-order valence-electron chi connectivity index (χ3n) is 6.14. The van der Waals surface area contributed by atoms with Crippen LogP contribution in [-0.4, -0.2) is 42.9 Å². The average Bonchev–Trinajstić information content (AvgIpc) is 3.28. The van der Waals surface area contributed by atoms with Crippen molar-refractivity contribution in [2.45, 2.75) is 63.4 Å². The van der Waals surface area contributed by atoms with Gasteiger partial charge in [-0.15, -0.1) is 0 Å². The molecule has 8 nitrogen and oxygen atoms in total. The first-order valence-corrected chi connectivity index (χ1v) is 12.1. The highest BCUT2D eigenvalue weighted by Gasteiger charge is 2.27. The second kappa shape index (κ2) is 8.19. The number of aromatic nitrogens is 1. The summed E-state index contributed by atoms with van der Waals surface area (Å²) in [5.41, 5.74) is 0.591. The number of benzene rings is 1. The number of sulfonamides is 1. The van der Waals surface area contributed by atoms with Crippen LogP contribution in [0.1, 0.15) is 46.0 Å². The molecule has 2 aliphatic rings. The molecule has 4 rings (SSSR count). The Morgan fingerprint density at radius 1 is 1.17 bits per heavy atom. The summed E-state index contributed by atoms with van der Waals surface area (Å²) in [6.45, 7) is 5.50. The van der Waals surface area contributed by atoms with Gasteiger partial charge in [-0.25, -0.2) is 17.9 Å². The molecule has 0 unspecified atom stereocenters. The van der Waals surface area contributed by atoms with Crippen molar-refractivity contribution in [1.29, 1.82) is 0 Å². The summed E-state index contributed by atoms with van der Waals surface area (Å²) in [4.78, 5) is 27.0. The first-order chi connectivity index (χ1) is 14.2. The highest BCUT2D eigenvalue weighted by molar-refractivity contribution is 7.89. The summed E-state index contributed by atoms with van der Waals surface area (Å²) >= 11 is 0. The molecule has 1 amide bonds. The lowest BCUT2D eigenvalue weighted by molar-refractivity contribution is -0.134. The molecule has 1 aliphatic carbocycles. The summed E-state index contributed by atoms with van der Waals surface area (Å²) in [6, 6.07) is 4.31. The van der Waals surface area contributed by atoms with E-state index in [9.17, 15) is 18.0 Å². The zero-order chi connectivity index (χ0) is 21.5. The topological polar surface area (TPSA) is 102 Å². The number of carbonyl (C=O) groups excluding carboxylic acids is 1. The monoisotopic (exact) mass is 435 g/mol. The minimum Gasteiger partial charge on any atom is -0.408 e. The fourth-order valence-electron chi connectivity index (χ4n) is 4.80. The van der Waals surface area contributed by atoms with Crippen molar-refractivity contribution in [2.24, 2.45) is 11.8 Å². The molecule has 0 spiro atoms. The number of likely N-dealkylation sites (tertiary alicyclic amines) is 1. The molecule has 1 N–H and O–H groups in total. The SMILES string of the molecule is C[C@H]1C[C@H](C)CN(C(=O)Cn2c(=O)oc3cc(S(=O)(=O)NC4CCCC4)ccc32)C1. The molecule has 2 heterocycles. The van der Waals surface area contributed by atoms with Gasteiger partial charge in [0.2, 0.25) is 15.9 Å². The van der Waals surface area contributed by atoms with Gasteiger partial charge in [0.15, 0.2) is 5.58 Å². The highest BCUT2D eigenvalue weighted by Crippen LogP contribution is 2.24. The van der Waals surface area contributed by atoms with Crippen LogP contribution < -0.4 is 10.5 Å². The van der Waals surface area contributed by atoms with Crippen LogP contribution in [0, 0.1) is 11.8 Å². The van der Waals surface area contributed by atoms with E-state index in [4.69, 9.17) is 4.42 Å². The third kappa shape index (κ3) is 4.32. The number of carbonyl (C=O) groups is 1. The molecule has 2 fully saturated rings. The summed E-state index contributed by atoms with van der Waals surface area (Å²) in [5, 5.41) is 0. The Labute approximate surface area is 176 Å². The lowest BCUT2D eigenvalue weighted by Gasteiger charge is -2.35. The number of oxazole rings is 1. The zero-order valence-electron chi connectivity index (χ0n) is 17.5. The van der Waals surface area contributed by atoms with Gasteiger partial charge in [-0.05, 0) is 43.2 Å². The lowest BCUT2D eigenvalue weighted by atomic mass is 9.92. The Bertz CT molecular complexity index is 1090. The number of hydrogen-bond donors (Lipinski definition) is 1. The van der Waals surface area contributed by atoms with Crippen LogP contribution >= 0.6 is 0 Å². The molecule has 1 aromatic heterocycles. The lowest BCUT2D eigenvalue weighted by Crippen LogP contribution is -2.44. The number of hydrogen-bond acceptors (Lipinski definition) is 5. The zero-order valence-corrected chi connectivity index (χ0v) is 18.3. The maximum absolute atomic E-state index is 12.8. The van der Waals surface area contributed by atoms with Crippen LogP contribution in [-0.2, 0) is 21.4 Å². The normalized spacial score (nSPS) is 23.3. The first-order valence-electron chi connectivity index (χ1n) is 10.7. The maximum Gasteiger partial charge on any atom is 0.420 e. The smallest absolute Gasteiger partial charge is 0.408 e. The van der Waals surface area contributed by atoms with Crippen molar-refractivity contribution < 1.29 is 17.6 Å². The molecule has 9 heteroatoms. The van der Waals surface area contributed by atoms with Gasteiger partial charge in [0.05, 0.1) is 10.4 Å². The molecule has 1 aromatic carbocycles. The third-order valence-corrected chi connectivity index (χ3v) is 7.66. The second-order valence-corrected chi connectivity index (χ2v) is 10.6. The predicted molar refractivity (Wildman–Crippen MR) is 113 cm³/mol. The van der Waals surface area contributed by atoms with E-state index >= 15 is 0 Å². The van der Waals surface area contributed by atoms with E-state index in [1.165, 1.54) is 22.8 Å². The van der Waals surface area contributed by atoms with Crippen LogP contribution in [0.5, 0.6) is 0 Å². The van der Waals surface area contributed by atoms with Crippen molar-refractivity contribution >= 4 is 27.0 Å². The molecule has 1 saturated heterocycles. The summed E-state index contributed by atoms with van der Waals surface area (Å²) < 4.78 is 34.6. The average molecular weight is 436 g/mol. The summed E-state index contributed by atoms with van der Waals surface area (Å²) in [7, 11) is -3.69. The van der Waals surface area contributed by atoms with Crippen molar-refractivity contribution in [1.82, 2.24) is 14.2 Å². The van der Waals surface area contributed by atoms with Gasteiger partial charge in [-0.2, -0.15) is 0 Å². The fourth-order valence-corrected chi connectivity index (χ4v) is 6.12. The van der Waals surface area contributed by atoms with Crippen LogP contribution in [0.25, 0.3) is 11.1 Å². The second-order valence-electron chi connectivity index (χ2n) is 8.93. The summed E-state index contributed by atoms with van der Waals surface area (Å²) in [6.07, 6.45) is 4.80. The van der Waals surface area contributed by atoms with Gasteiger partial charge in [0.1, 0.15) is 6.54 Å². The maximum atomic E-state index is 12.8. The van der Waals surface area contributed by atoms with Gasteiger partial charge >= 0.3 is 5.76 Å². The predicted octanol–water partition coefficient (Wildman–Crippen LogP) is 2.32. The van der Waals surface area contributed by atoms with Crippen LogP contribution in [0.15, 0.2) is 32.3 Å². The van der Waals surface area contributed by atoms with Gasteiger partial charge in [0, 0.05) is 25.2 Å². The Morgan fingerprint density at radius 2 is 1.83 bits per heavy atom. The van der Waals surface area contributed by atoms with E-state index in [0.29, 0.717) is 30.4 Å². The molecule has 30 heavy (non-hydrogen) atoms. The number of piperidine rings is 1. The van der Waals surface area contributed by atoms with Crippen LogP contribution in [0.4, 0.5) is 0 Å².